The van der Waals surface area contributed by atoms with Crippen LogP contribution in [0.25, 0.3) is 0 Å². The van der Waals surface area contributed by atoms with E-state index in [0.717, 1.165) is 0 Å². The van der Waals surface area contributed by atoms with E-state index in [1.165, 1.54) is 4.90 Å². The van der Waals surface area contributed by atoms with Crippen molar-refractivity contribution >= 4 is 6.09 Å². The molecule has 1 amide bonds. The second-order valence-corrected chi connectivity index (χ2v) is 6.90. The molecule has 0 N–H and O–H groups in total. The number of nitrogens with zero attached hydrogens (tertiary/aromatic N) is 2. The Morgan fingerprint density at radius 1 is 1.22 bits per heavy atom. The maximum Gasteiger partial charge on any atom is 0.410 e. The third kappa shape index (κ3) is 5.54. The Morgan fingerprint density at radius 3 is 2.26 bits per heavy atom. The average molecular weight is 322 g/mol. The molecule has 0 spiro atoms. The lowest BCUT2D eigenvalue weighted by Gasteiger charge is -2.26. The molecule has 1 rings (SSSR count). The SMILES string of the molecule is CN(CCCC(C)(c1ccccc1)[N+](=O)[O-])C(=O)OC(C)(C)C. The minimum atomic E-state index is -1.16. The molecule has 0 aromatic heterocycles. The molecule has 0 aliphatic carbocycles. The number of benzene rings is 1. The minimum Gasteiger partial charge on any atom is -0.444 e. The van der Waals surface area contributed by atoms with Crippen LogP contribution in [0.1, 0.15) is 46.1 Å². The molecule has 1 aromatic rings. The summed E-state index contributed by atoms with van der Waals surface area (Å²) in [7, 11) is 1.64. The average Bonchev–Trinajstić information content (AvgIpc) is 2.45. The first-order chi connectivity index (χ1) is 10.6. The van der Waals surface area contributed by atoms with Gasteiger partial charge in [-0.2, -0.15) is 0 Å². The Bertz CT molecular complexity index is 539. The lowest BCUT2D eigenvalue weighted by atomic mass is 9.88. The standard InChI is InChI=1S/C17H26N2O4/c1-16(2,3)23-15(20)18(5)13-9-12-17(4,19(21)22)14-10-7-6-8-11-14/h6-8,10-11H,9,12-13H2,1-5H3. The van der Waals surface area contributed by atoms with Crippen molar-refractivity contribution in [3.8, 4) is 0 Å². The van der Waals surface area contributed by atoms with Crippen molar-refractivity contribution in [3.63, 3.8) is 0 Å². The number of hydrogen-bond acceptors (Lipinski definition) is 4. The molecule has 0 radical (unpaired) electrons. The molecule has 128 valence electrons. The van der Waals surface area contributed by atoms with Crippen molar-refractivity contribution in [1.29, 1.82) is 0 Å². The highest BCUT2D eigenvalue weighted by Crippen LogP contribution is 2.29. The third-order valence-corrected chi connectivity index (χ3v) is 3.66. The van der Waals surface area contributed by atoms with E-state index in [1.54, 1.807) is 59.0 Å². The summed E-state index contributed by atoms with van der Waals surface area (Å²) in [6, 6.07) is 8.95. The van der Waals surface area contributed by atoms with Crippen molar-refractivity contribution in [2.75, 3.05) is 13.6 Å². The number of hydrogen-bond donors (Lipinski definition) is 0. The highest BCUT2D eigenvalue weighted by Gasteiger charge is 2.38. The van der Waals surface area contributed by atoms with Gasteiger partial charge in [-0.1, -0.05) is 30.3 Å². The van der Waals surface area contributed by atoms with E-state index in [-0.39, 0.29) is 4.92 Å². The van der Waals surface area contributed by atoms with Crippen molar-refractivity contribution in [2.24, 2.45) is 0 Å². The molecule has 1 atom stereocenters. The van der Waals surface area contributed by atoms with E-state index in [1.807, 2.05) is 6.07 Å². The van der Waals surface area contributed by atoms with Gasteiger partial charge >= 0.3 is 6.09 Å². The highest BCUT2D eigenvalue weighted by molar-refractivity contribution is 5.67. The zero-order valence-electron chi connectivity index (χ0n) is 14.5. The number of rotatable bonds is 6. The zero-order chi connectivity index (χ0) is 17.7. The van der Waals surface area contributed by atoms with E-state index in [2.05, 4.69) is 0 Å². The predicted molar refractivity (Wildman–Crippen MR) is 88.9 cm³/mol. The molecule has 0 bridgehead atoms. The van der Waals surface area contributed by atoms with Crippen molar-refractivity contribution in [1.82, 2.24) is 4.90 Å². The van der Waals surface area contributed by atoms with Crippen LogP contribution in [-0.4, -0.2) is 35.1 Å². The van der Waals surface area contributed by atoms with Crippen molar-refractivity contribution in [3.05, 3.63) is 46.0 Å². The molecule has 0 saturated heterocycles. The van der Waals surface area contributed by atoms with E-state index in [9.17, 15) is 14.9 Å². The molecule has 23 heavy (non-hydrogen) atoms. The summed E-state index contributed by atoms with van der Waals surface area (Å²) < 4.78 is 5.27. The van der Waals surface area contributed by atoms with Crippen LogP contribution in [0.3, 0.4) is 0 Å². The molecular formula is C17H26N2O4. The molecule has 0 saturated carbocycles. The molecule has 0 aliphatic heterocycles. The molecular weight excluding hydrogens is 296 g/mol. The van der Waals surface area contributed by atoms with Crippen LogP contribution in [0.4, 0.5) is 4.79 Å². The van der Waals surface area contributed by atoms with E-state index >= 15 is 0 Å². The van der Waals surface area contributed by atoms with Gasteiger partial charge in [0.15, 0.2) is 0 Å². The smallest absolute Gasteiger partial charge is 0.410 e. The van der Waals surface area contributed by atoms with Gasteiger partial charge < -0.3 is 9.64 Å². The van der Waals surface area contributed by atoms with Crippen LogP contribution in [0, 0.1) is 10.1 Å². The summed E-state index contributed by atoms with van der Waals surface area (Å²) in [4.78, 5) is 24.6. The summed E-state index contributed by atoms with van der Waals surface area (Å²) in [5.41, 5.74) is -1.04. The van der Waals surface area contributed by atoms with Crippen LogP contribution >= 0.6 is 0 Å². The monoisotopic (exact) mass is 322 g/mol. The lowest BCUT2D eigenvalue weighted by Crippen LogP contribution is -2.36. The summed E-state index contributed by atoms with van der Waals surface area (Å²) in [6.45, 7) is 7.44. The first kappa shape index (κ1) is 18.9. The second kappa shape index (κ2) is 7.44. The fourth-order valence-electron chi connectivity index (χ4n) is 2.23. The topological polar surface area (TPSA) is 72.7 Å². The van der Waals surface area contributed by atoms with Crippen molar-refractivity contribution in [2.45, 2.75) is 51.7 Å². The second-order valence-electron chi connectivity index (χ2n) is 6.90. The van der Waals surface area contributed by atoms with Gasteiger partial charge in [0.25, 0.3) is 0 Å². The molecule has 6 nitrogen and oxygen atoms in total. The van der Waals surface area contributed by atoms with Gasteiger partial charge in [-0.15, -0.1) is 0 Å². The molecule has 1 aromatic carbocycles. The summed E-state index contributed by atoms with van der Waals surface area (Å²) >= 11 is 0. The summed E-state index contributed by atoms with van der Waals surface area (Å²) in [5, 5.41) is 11.5. The number of carbonyl (C=O) groups excluding carboxylic acids is 1. The normalized spacial score (nSPS) is 14.0. The number of amides is 1. The van der Waals surface area contributed by atoms with E-state index < -0.39 is 17.2 Å². The Kier molecular flexibility index (Phi) is 6.12. The van der Waals surface area contributed by atoms with Crippen LogP contribution in [0.5, 0.6) is 0 Å². The van der Waals surface area contributed by atoms with Gasteiger partial charge in [-0.3, -0.25) is 10.1 Å². The predicted octanol–water partition coefficient (Wildman–Crippen LogP) is 3.83. The molecule has 6 heteroatoms. The fourth-order valence-corrected chi connectivity index (χ4v) is 2.23. The molecule has 0 aliphatic rings. The van der Waals surface area contributed by atoms with Gasteiger partial charge in [0.2, 0.25) is 5.54 Å². The molecule has 0 heterocycles. The van der Waals surface area contributed by atoms with Crippen LogP contribution < -0.4 is 0 Å². The first-order valence-electron chi connectivity index (χ1n) is 7.70. The van der Waals surface area contributed by atoms with E-state index in [0.29, 0.717) is 24.9 Å². The Balaban J connectivity index is 2.64. The zero-order valence-corrected chi connectivity index (χ0v) is 14.5. The highest BCUT2D eigenvalue weighted by atomic mass is 16.6. The Morgan fingerprint density at radius 2 is 1.78 bits per heavy atom. The Hall–Kier alpha value is -2.11. The number of carbonyl (C=O) groups is 1. The number of nitro groups is 1. The quantitative estimate of drug-likeness (QED) is 0.589. The fraction of sp³-hybridized carbons (Fsp3) is 0.588. The summed E-state index contributed by atoms with van der Waals surface area (Å²) in [5.74, 6) is 0. The van der Waals surface area contributed by atoms with Crippen molar-refractivity contribution < 1.29 is 14.5 Å². The molecule has 0 fully saturated rings. The summed E-state index contributed by atoms with van der Waals surface area (Å²) in [6.07, 6.45) is 0.444. The van der Waals surface area contributed by atoms with Crippen LogP contribution in [0.15, 0.2) is 30.3 Å². The van der Waals surface area contributed by atoms with E-state index in [4.69, 9.17) is 4.74 Å². The van der Waals surface area contributed by atoms with Crippen LogP contribution in [-0.2, 0) is 10.3 Å². The number of ether oxygens (including phenoxy) is 1. The third-order valence-electron chi connectivity index (χ3n) is 3.66. The van der Waals surface area contributed by atoms with Crippen LogP contribution in [0.2, 0.25) is 0 Å². The maximum atomic E-state index is 11.9. The van der Waals surface area contributed by atoms with Gasteiger partial charge in [0.1, 0.15) is 5.60 Å². The minimum absolute atomic E-state index is 0.254. The van der Waals surface area contributed by atoms with Gasteiger partial charge in [0.05, 0.1) is 0 Å². The lowest BCUT2D eigenvalue weighted by molar-refractivity contribution is -0.576. The van der Waals surface area contributed by atoms with Gasteiger partial charge in [0, 0.05) is 37.4 Å². The Labute approximate surface area is 137 Å². The van der Waals surface area contributed by atoms with Gasteiger partial charge in [-0.25, -0.2) is 4.79 Å². The first-order valence-corrected chi connectivity index (χ1v) is 7.70. The van der Waals surface area contributed by atoms with Gasteiger partial charge in [-0.05, 0) is 27.2 Å². The maximum absolute atomic E-state index is 11.9. The largest absolute Gasteiger partial charge is 0.444 e. The molecule has 1 unspecified atom stereocenters.